The molecule has 2 aliphatic heterocycles. The van der Waals surface area contributed by atoms with Gasteiger partial charge in [0.25, 0.3) is 0 Å². The Bertz CT molecular complexity index is 780. The van der Waals surface area contributed by atoms with E-state index >= 15 is 0 Å². The number of nitrogens with zero attached hydrogens (tertiary/aromatic N) is 1. The minimum atomic E-state index is -0.0345. The number of carbonyl (C=O) groups excluding carboxylic acids is 1. The summed E-state index contributed by atoms with van der Waals surface area (Å²) in [6, 6.07) is 17.7. The van der Waals surface area contributed by atoms with Crippen LogP contribution in [-0.4, -0.2) is 42.8 Å². The molecular formula is C21H23ClN2O3. The number of halogens is 1. The highest BCUT2D eigenvalue weighted by Gasteiger charge is 2.34. The summed E-state index contributed by atoms with van der Waals surface area (Å²) in [7, 11) is 0. The van der Waals surface area contributed by atoms with Crippen LogP contribution >= 0.6 is 11.6 Å². The van der Waals surface area contributed by atoms with Gasteiger partial charge in [-0.25, -0.2) is 4.79 Å². The fraction of sp³-hybridized carbons (Fsp3) is 0.381. The Kier molecular flexibility index (Phi) is 5.50. The molecule has 0 aliphatic carbocycles. The van der Waals surface area contributed by atoms with Crippen molar-refractivity contribution in [2.45, 2.75) is 31.1 Å². The van der Waals surface area contributed by atoms with E-state index in [1.807, 2.05) is 36.4 Å². The summed E-state index contributed by atoms with van der Waals surface area (Å²) in [6.45, 7) is 1.80. The molecule has 5 nitrogen and oxygen atoms in total. The lowest BCUT2D eigenvalue weighted by Gasteiger charge is -2.40. The largest absolute Gasteiger partial charge is 0.485 e. The predicted octanol–water partition coefficient (Wildman–Crippen LogP) is 4.03. The molecule has 2 atom stereocenters. The average Bonchev–Trinajstić information content (AvgIpc) is 2.66. The lowest BCUT2D eigenvalue weighted by atomic mass is 9.97. The summed E-state index contributed by atoms with van der Waals surface area (Å²) in [5, 5.41) is 3.73. The molecule has 2 amide bonds. The summed E-state index contributed by atoms with van der Waals surface area (Å²) < 4.78 is 11.7. The third-order valence-electron chi connectivity index (χ3n) is 5.05. The fourth-order valence-electron chi connectivity index (χ4n) is 3.49. The number of amides is 2. The van der Waals surface area contributed by atoms with Gasteiger partial charge in [0.05, 0.1) is 24.2 Å². The van der Waals surface area contributed by atoms with Crippen molar-refractivity contribution in [3.63, 3.8) is 0 Å². The van der Waals surface area contributed by atoms with Crippen LogP contribution in [-0.2, 0) is 4.74 Å². The lowest BCUT2D eigenvalue weighted by Crippen LogP contribution is -2.60. The molecule has 2 fully saturated rings. The maximum Gasteiger partial charge on any atom is 0.317 e. The smallest absolute Gasteiger partial charge is 0.317 e. The highest BCUT2D eigenvalue weighted by Crippen LogP contribution is 2.29. The van der Waals surface area contributed by atoms with Gasteiger partial charge < -0.3 is 19.7 Å². The molecule has 2 saturated heterocycles. The van der Waals surface area contributed by atoms with Gasteiger partial charge in [-0.3, -0.25) is 0 Å². The van der Waals surface area contributed by atoms with Crippen molar-refractivity contribution in [2.24, 2.45) is 0 Å². The second kappa shape index (κ2) is 8.19. The Morgan fingerprint density at radius 1 is 1.11 bits per heavy atom. The van der Waals surface area contributed by atoms with Crippen LogP contribution in [0.1, 0.15) is 24.5 Å². The van der Waals surface area contributed by atoms with Crippen molar-refractivity contribution >= 4 is 17.6 Å². The SMILES string of the molecule is O=C(N[C@@H]1CCO[C@H](c2ccccc2)C1)N1CC(Oc2ccccc2Cl)C1. The Morgan fingerprint density at radius 3 is 2.63 bits per heavy atom. The number of hydrogen-bond donors (Lipinski definition) is 1. The van der Waals surface area contributed by atoms with Gasteiger partial charge in [0, 0.05) is 12.6 Å². The van der Waals surface area contributed by atoms with E-state index < -0.39 is 0 Å². The molecular weight excluding hydrogens is 364 g/mol. The van der Waals surface area contributed by atoms with Gasteiger partial charge in [-0.2, -0.15) is 0 Å². The third kappa shape index (κ3) is 4.37. The molecule has 0 unspecified atom stereocenters. The molecule has 0 radical (unpaired) electrons. The molecule has 27 heavy (non-hydrogen) atoms. The summed E-state index contributed by atoms with van der Waals surface area (Å²) in [6.07, 6.45) is 1.66. The molecule has 4 rings (SSSR count). The molecule has 2 aromatic rings. The zero-order chi connectivity index (χ0) is 18.6. The van der Waals surface area contributed by atoms with Crippen LogP contribution in [0.3, 0.4) is 0 Å². The lowest BCUT2D eigenvalue weighted by molar-refractivity contribution is -0.00161. The van der Waals surface area contributed by atoms with Crippen molar-refractivity contribution in [2.75, 3.05) is 19.7 Å². The Morgan fingerprint density at radius 2 is 1.85 bits per heavy atom. The summed E-state index contributed by atoms with van der Waals surface area (Å²) >= 11 is 6.11. The highest BCUT2D eigenvalue weighted by molar-refractivity contribution is 6.32. The summed E-state index contributed by atoms with van der Waals surface area (Å²) in [5.74, 6) is 0.666. The van der Waals surface area contributed by atoms with Gasteiger partial charge in [0.1, 0.15) is 11.9 Å². The van der Waals surface area contributed by atoms with Gasteiger partial charge in [-0.15, -0.1) is 0 Å². The number of para-hydroxylation sites is 1. The number of likely N-dealkylation sites (tertiary alicyclic amines) is 1. The van der Waals surface area contributed by atoms with E-state index in [2.05, 4.69) is 17.4 Å². The molecule has 0 saturated carbocycles. The molecule has 6 heteroatoms. The van der Waals surface area contributed by atoms with Crippen LogP contribution in [0.2, 0.25) is 5.02 Å². The first-order valence-electron chi connectivity index (χ1n) is 9.32. The van der Waals surface area contributed by atoms with Gasteiger partial charge in [0.15, 0.2) is 0 Å². The third-order valence-corrected chi connectivity index (χ3v) is 5.36. The van der Waals surface area contributed by atoms with E-state index in [-0.39, 0.29) is 24.3 Å². The van der Waals surface area contributed by atoms with Crippen molar-refractivity contribution in [3.05, 3.63) is 65.2 Å². The van der Waals surface area contributed by atoms with Crippen LogP contribution < -0.4 is 10.1 Å². The molecule has 1 N–H and O–H groups in total. The average molecular weight is 387 g/mol. The first-order valence-corrected chi connectivity index (χ1v) is 9.70. The molecule has 2 aromatic carbocycles. The van der Waals surface area contributed by atoms with E-state index in [0.717, 1.165) is 18.4 Å². The Labute approximate surface area is 164 Å². The first kappa shape index (κ1) is 18.1. The topological polar surface area (TPSA) is 50.8 Å². The fourth-order valence-corrected chi connectivity index (χ4v) is 3.67. The van der Waals surface area contributed by atoms with E-state index in [1.165, 1.54) is 0 Å². The van der Waals surface area contributed by atoms with Gasteiger partial charge in [0.2, 0.25) is 0 Å². The van der Waals surface area contributed by atoms with Crippen LogP contribution in [0.25, 0.3) is 0 Å². The van der Waals surface area contributed by atoms with E-state index in [1.54, 1.807) is 11.0 Å². The van der Waals surface area contributed by atoms with E-state index in [4.69, 9.17) is 21.1 Å². The minimum absolute atomic E-state index is 0.0117. The zero-order valence-electron chi connectivity index (χ0n) is 15.0. The Balaban J connectivity index is 1.25. The maximum absolute atomic E-state index is 12.5. The van der Waals surface area contributed by atoms with Crippen molar-refractivity contribution in [1.29, 1.82) is 0 Å². The molecule has 2 heterocycles. The maximum atomic E-state index is 12.5. The van der Waals surface area contributed by atoms with Crippen LogP contribution in [0.5, 0.6) is 5.75 Å². The molecule has 2 aliphatic rings. The van der Waals surface area contributed by atoms with Crippen LogP contribution in [0.15, 0.2) is 54.6 Å². The zero-order valence-corrected chi connectivity index (χ0v) is 15.8. The normalized spacial score (nSPS) is 22.8. The van der Waals surface area contributed by atoms with E-state index in [0.29, 0.717) is 30.5 Å². The van der Waals surface area contributed by atoms with E-state index in [9.17, 15) is 4.79 Å². The highest BCUT2D eigenvalue weighted by atomic mass is 35.5. The second-order valence-corrected chi connectivity index (χ2v) is 7.42. The molecule has 142 valence electrons. The second-order valence-electron chi connectivity index (χ2n) is 7.02. The van der Waals surface area contributed by atoms with Crippen LogP contribution in [0, 0.1) is 0 Å². The predicted molar refractivity (Wildman–Crippen MR) is 104 cm³/mol. The number of hydrogen-bond acceptors (Lipinski definition) is 3. The summed E-state index contributed by atoms with van der Waals surface area (Å²) in [5.41, 5.74) is 1.16. The standard InChI is InChI=1S/C21H23ClN2O3/c22-18-8-4-5-9-19(18)27-17-13-24(14-17)21(25)23-16-10-11-26-20(12-16)15-6-2-1-3-7-15/h1-9,16-17,20H,10-14H2,(H,23,25)/t16-,20+/m1/s1. The number of nitrogens with one attached hydrogen (secondary N) is 1. The number of benzene rings is 2. The molecule has 0 bridgehead atoms. The van der Waals surface area contributed by atoms with Gasteiger partial charge in [-0.05, 0) is 30.5 Å². The number of rotatable bonds is 4. The quantitative estimate of drug-likeness (QED) is 0.863. The van der Waals surface area contributed by atoms with Crippen molar-refractivity contribution < 1.29 is 14.3 Å². The first-order chi connectivity index (χ1) is 13.2. The summed E-state index contributed by atoms with van der Waals surface area (Å²) in [4.78, 5) is 14.3. The molecule has 0 aromatic heterocycles. The number of urea groups is 1. The number of ether oxygens (including phenoxy) is 2. The number of carbonyl (C=O) groups is 1. The van der Waals surface area contributed by atoms with Crippen molar-refractivity contribution in [1.82, 2.24) is 10.2 Å². The monoisotopic (exact) mass is 386 g/mol. The Hall–Kier alpha value is -2.24. The van der Waals surface area contributed by atoms with Crippen molar-refractivity contribution in [3.8, 4) is 5.75 Å². The minimum Gasteiger partial charge on any atom is -0.485 e. The van der Waals surface area contributed by atoms with Crippen LogP contribution in [0.4, 0.5) is 4.79 Å². The van der Waals surface area contributed by atoms with Gasteiger partial charge in [-0.1, -0.05) is 54.1 Å². The molecule has 0 spiro atoms. The van der Waals surface area contributed by atoms with Gasteiger partial charge >= 0.3 is 6.03 Å².